The van der Waals surface area contributed by atoms with Crippen LogP contribution in [0, 0.1) is 6.92 Å². The Bertz CT molecular complexity index is 776. The molecule has 0 aliphatic rings. The van der Waals surface area contributed by atoms with Gasteiger partial charge in [0.2, 0.25) is 0 Å². The summed E-state index contributed by atoms with van der Waals surface area (Å²) in [6.45, 7) is 4.05. The molecule has 0 spiro atoms. The Morgan fingerprint density at radius 2 is 2.10 bits per heavy atom. The molecule has 110 valence electrons. The van der Waals surface area contributed by atoms with Gasteiger partial charge in [-0.25, -0.2) is 0 Å². The van der Waals surface area contributed by atoms with Gasteiger partial charge in [0.1, 0.15) is 5.75 Å². The van der Waals surface area contributed by atoms with Crippen LogP contribution in [0.1, 0.15) is 12.1 Å². The minimum absolute atomic E-state index is 0.894. The molecule has 3 rings (SSSR count). The number of rotatable bonds is 5. The van der Waals surface area contributed by atoms with Gasteiger partial charge in [-0.05, 0) is 45.1 Å². The third-order valence-corrected chi connectivity index (χ3v) is 3.97. The van der Waals surface area contributed by atoms with Crippen molar-refractivity contribution in [1.29, 1.82) is 0 Å². The van der Waals surface area contributed by atoms with E-state index in [-0.39, 0.29) is 0 Å². The fraction of sp³-hybridized carbons (Fsp3) is 0.353. The molecule has 21 heavy (non-hydrogen) atoms. The number of hydrogen-bond donors (Lipinski definition) is 1. The second-order valence-electron chi connectivity index (χ2n) is 5.28. The number of fused-ring (bicyclic) bond motifs is 3. The molecule has 0 unspecified atom stereocenters. The van der Waals surface area contributed by atoms with E-state index in [9.17, 15) is 0 Å². The normalized spacial score (nSPS) is 11.4. The highest BCUT2D eigenvalue weighted by molar-refractivity contribution is 6.09. The summed E-state index contributed by atoms with van der Waals surface area (Å²) >= 11 is 0. The smallest absolute Gasteiger partial charge is 0.120 e. The lowest BCUT2D eigenvalue weighted by Crippen LogP contribution is -2.11. The predicted molar refractivity (Wildman–Crippen MR) is 87.1 cm³/mol. The minimum atomic E-state index is 0.894. The van der Waals surface area contributed by atoms with Crippen molar-refractivity contribution in [3.63, 3.8) is 0 Å². The highest BCUT2D eigenvalue weighted by Gasteiger charge is 2.13. The van der Waals surface area contributed by atoms with Gasteiger partial charge in [0.05, 0.1) is 23.8 Å². The van der Waals surface area contributed by atoms with Crippen molar-refractivity contribution in [1.82, 2.24) is 14.9 Å². The largest absolute Gasteiger partial charge is 0.497 e. The van der Waals surface area contributed by atoms with E-state index in [4.69, 9.17) is 4.74 Å². The van der Waals surface area contributed by atoms with Crippen molar-refractivity contribution in [2.75, 3.05) is 20.7 Å². The number of pyridine rings is 1. The van der Waals surface area contributed by atoms with E-state index in [1.807, 2.05) is 19.3 Å². The van der Waals surface area contributed by atoms with Gasteiger partial charge in [-0.3, -0.25) is 4.98 Å². The molecule has 0 bridgehead atoms. The molecule has 4 nitrogen and oxygen atoms in total. The van der Waals surface area contributed by atoms with Gasteiger partial charge in [0, 0.05) is 29.6 Å². The number of aryl methyl sites for hydroxylation is 2. The quantitative estimate of drug-likeness (QED) is 0.731. The van der Waals surface area contributed by atoms with E-state index in [0.29, 0.717) is 0 Å². The Balaban J connectivity index is 2.26. The third-order valence-electron chi connectivity index (χ3n) is 3.97. The van der Waals surface area contributed by atoms with Crippen LogP contribution in [0.3, 0.4) is 0 Å². The molecular weight excluding hydrogens is 262 g/mol. The summed E-state index contributed by atoms with van der Waals surface area (Å²) in [4.78, 5) is 4.47. The maximum atomic E-state index is 5.39. The number of nitrogens with one attached hydrogen (secondary N) is 1. The summed E-state index contributed by atoms with van der Waals surface area (Å²) < 4.78 is 7.76. The van der Waals surface area contributed by atoms with Crippen LogP contribution in [0.4, 0.5) is 0 Å². The molecular formula is C17H21N3O. The zero-order valence-electron chi connectivity index (χ0n) is 12.8. The zero-order valence-corrected chi connectivity index (χ0v) is 12.8. The average Bonchev–Trinajstić information content (AvgIpc) is 2.82. The second-order valence-corrected chi connectivity index (χ2v) is 5.28. The highest BCUT2D eigenvalue weighted by Crippen LogP contribution is 2.32. The van der Waals surface area contributed by atoms with E-state index in [0.717, 1.165) is 31.0 Å². The monoisotopic (exact) mass is 283 g/mol. The van der Waals surface area contributed by atoms with E-state index in [1.54, 1.807) is 7.11 Å². The molecule has 2 heterocycles. The van der Waals surface area contributed by atoms with Crippen LogP contribution in [-0.4, -0.2) is 30.3 Å². The molecule has 1 N–H and O–H groups in total. The molecule has 1 aromatic carbocycles. The first-order chi connectivity index (χ1) is 10.3. The molecule has 0 saturated carbocycles. The number of hydrogen-bond acceptors (Lipinski definition) is 3. The van der Waals surface area contributed by atoms with Crippen molar-refractivity contribution in [3.05, 3.63) is 36.2 Å². The van der Waals surface area contributed by atoms with Gasteiger partial charge in [-0.2, -0.15) is 0 Å². The maximum absolute atomic E-state index is 5.39. The summed E-state index contributed by atoms with van der Waals surface area (Å²) in [7, 11) is 3.70. The van der Waals surface area contributed by atoms with Gasteiger partial charge >= 0.3 is 0 Å². The van der Waals surface area contributed by atoms with Crippen LogP contribution in [0.25, 0.3) is 21.8 Å². The average molecular weight is 283 g/mol. The minimum Gasteiger partial charge on any atom is -0.497 e. The van der Waals surface area contributed by atoms with Crippen LogP contribution in [-0.2, 0) is 6.54 Å². The lowest BCUT2D eigenvalue weighted by Gasteiger charge is -2.09. The van der Waals surface area contributed by atoms with Crippen LogP contribution < -0.4 is 10.1 Å². The van der Waals surface area contributed by atoms with Gasteiger partial charge in [0.25, 0.3) is 0 Å². The van der Waals surface area contributed by atoms with Crippen molar-refractivity contribution < 1.29 is 4.74 Å². The Labute approximate surface area is 124 Å². The SMILES string of the molecule is CNCCCn1c2cc(OC)ccc2c2ccnc(C)c21. The van der Waals surface area contributed by atoms with Crippen LogP contribution >= 0.6 is 0 Å². The van der Waals surface area contributed by atoms with Crippen molar-refractivity contribution in [2.45, 2.75) is 19.9 Å². The topological polar surface area (TPSA) is 39.1 Å². The lowest BCUT2D eigenvalue weighted by atomic mass is 10.1. The first kappa shape index (κ1) is 13.9. The van der Waals surface area contributed by atoms with E-state index >= 15 is 0 Å². The van der Waals surface area contributed by atoms with Crippen molar-refractivity contribution in [2.24, 2.45) is 0 Å². The summed E-state index contributed by atoms with van der Waals surface area (Å²) in [5.74, 6) is 0.894. The molecule has 4 heteroatoms. The van der Waals surface area contributed by atoms with Gasteiger partial charge in [-0.15, -0.1) is 0 Å². The van der Waals surface area contributed by atoms with Gasteiger partial charge < -0.3 is 14.6 Å². The number of aromatic nitrogens is 2. The molecule has 0 saturated heterocycles. The molecule has 0 radical (unpaired) electrons. The van der Waals surface area contributed by atoms with E-state index in [1.165, 1.54) is 21.8 Å². The number of benzene rings is 1. The first-order valence-electron chi connectivity index (χ1n) is 7.32. The van der Waals surface area contributed by atoms with Gasteiger partial charge in [-0.1, -0.05) is 0 Å². The summed E-state index contributed by atoms with van der Waals surface area (Å²) in [6.07, 6.45) is 2.97. The van der Waals surface area contributed by atoms with Crippen LogP contribution in [0.2, 0.25) is 0 Å². The fourth-order valence-electron chi connectivity index (χ4n) is 2.97. The molecule has 0 atom stereocenters. The lowest BCUT2D eigenvalue weighted by molar-refractivity contribution is 0.415. The summed E-state index contributed by atoms with van der Waals surface area (Å²) in [5.41, 5.74) is 3.53. The fourth-order valence-corrected chi connectivity index (χ4v) is 2.97. The van der Waals surface area contributed by atoms with E-state index < -0.39 is 0 Å². The van der Waals surface area contributed by atoms with Crippen molar-refractivity contribution >= 4 is 21.8 Å². The third kappa shape index (κ3) is 2.36. The molecule has 3 aromatic rings. The highest BCUT2D eigenvalue weighted by atomic mass is 16.5. The molecule has 2 aromatic heterocycles. The Hall–Kier alpha value is -2.07. The molecule has 0 amide bonds. The molecule has 0 aliphatic carbocycles. The number of nitrogens with zero attached hydrogens (tertiary/aromatic N) is 2. The Morgan fingerprint density at radius 3 is 2.86 bits per heavy atom. The number of ether oxygens (including phenoxy) is 1. The second kappa shape index (κ2) is 5.74. The summed E-state index contributed by atoms with van der Waals surface area (Å²) in [5, 5.41) is 5.74. The molecule has 0 aliphatic heterocycles. The van der Waals surface area contributed by atoms with Crippen LogP contribution in [0.15, 0.2) is 30.5 Å². The predicted octanol–water partition coefficient (Wildman–Crippen LogP) is 3.12. The maximum Gasteiger partial charge on any atom is 0.120 e. The van der Waals surface area contributed by atoms with Crippen molar-refractivity contribution in [3.8, 4) is 5.75 Å². The number of methoxy groups -OCH3 is 1. The zero-order chi connectivity index (χ0) is 14.8. The van der Waals surface area contributed by atoms with E-state index in [2.05, 4.69) is 40.0 Å². The standard InChI is InChI=1S/C17H21N3O/c1-12-17-15(7-9-19-12)14-6-5-13(21-3)11-16(14)20(17)10-4-8-18-2/h5-7,9,11,18H,4,8,10H2,1-3H3. The molecule has 0 fully saturated rings. The first-order valence-corrected chi connectivity index (χ1v) is 7.32. The summed E-state index contributed by atoms with van der Waals surface area (Å²) in [6, 6.07) is 8.39. The van der Waals surface area contributed by atoms with Crippen LogP contribution in [0.5, 0.6) is 5.75 Å². The van der Waals surface area contributed by atoms with Gasteiger partial charge in [0.15, 0.2) is 0 Å². The Morgan fingerprint density at radius 1 is 1.24 bits per heavy atom. The Kier molecular flexibility index (Phi) is 3.80.